The van der Waals surface area contributed by atoms with Crippen molar-refractivity contribution in [2.75, 3.05) is 0 Å². The van der Waals surface area contributed by atoms with Gasteiger partial charge in [0.05, 0.1) is 5.56 Å². The van der Waals surface area contributed by atoms with Gasteiger partial charge in [0.25, 0.3) is 0 Å². The molecule has 4 aromatic rings. The largest absolute Gasteiger partial charge is 0.481 e. The van der Waals surface area contributed by atoms with E-state index in [9.17, 15) is 22.8 Å². The minimum Gasteiger partial charge on any atom is -0.481 e. The molecule has 0 aliphatic carbocycles. The van der Waals surface area contributed by atoms with Gasteiger partial charge in [-0.3, -0.25) is 9.59 Å². The number of alkyl halides is 3. The molecule has 0 unspecified atom stereocenters. The molecule has 0 bridgehead atoms. The van der Waals surface area contributed by atoms with Crippen molar-refractivity contribution in [2.24, 2.45) is 0 Å². The zero-order valence-corrected chi connectivity index (χ0v) is 22.1. The van der Waals surface area contributed by atoms with Crippen molar-refractivity contribution < 1.29 is 37.3 Å². The molecule has 206 valence electrons. The quantitative estimate of drug-likeness (QED) is 0.212. The van der Waals surface area contributed by atoms with Crippen LogP contribution in [0, 0.1) is 13.8 Å². The second kappa shape index (κ2) is 11.7. The maximum Gasteiger partial charge on any atom is 0.416 e. The molecule has 0 saturated carbocycles. The number of ether oxygens (including phenoxy) is 2. The van der Waals surface area contributed by atoms with Crippen LogP contribution in [-0.4, -0.2) is 16.9 Å². The number of halogens is 3. The Balaban J connectivity index is 1.66. The topological polar surface area (TPSA) is 72.8 Å². The lowest BCUT2D eigenvalue weighted by Gasteiger charge is -2.16. The Kier molecular flexibility index (Phi) is 8.28. The number of carbonyl (C=O) groups excluding carboxylic acids is 1. The first-order valence-corrected chi connectivity index (χ1v) is 12.5. The standard InChI is InChI=1S/C32H27F3O5/c1-19-13-27(39-26-10-7-22(20(2)15-26)8-12-31(37)38)18-28(14-19)40-30-11-9-25(32(33,34)35)17-29(30)24-6-4-5-23(16-24)21(3)36/h4-7,9-11,13-18H,8,12H2,1-3H3,(H,37,38). The van der Waals surface area contributed by atoms with E-state index in [-0.39, 0.29) is 23.5 Å². The van der Waals surface area contributed by atoms with Crippen molar-refractivity contribution in [2.45, 2.75) is 39.8 Å². The fourth-order valence-electron chi connectivity index (χ4n) is 4.28. The van der Waals surface area contributed by atoms with Crippen LogP contribution in [-0.2, 0) is 17.4 Å². The Morgan fingerprint density at radius 3 is 2.20 bits per heavy atom. The molecular formula is C32H27F3O5. The average molecular weight is 549 g/mol. The monoisotopic (exact) mass is 548 g/mol. The van der Waals surface area contributed by atoms with Crippen LogP contribution in [0.15, 0.2) is 78.9 Å². The summed E-state index contributed by atoms with van der Waals surface area (Å²) in [7, 11) is 0. The molecule has 0 aliphatic heterocycles. The fourth-order valence-corrected chi connectivity index (χ4v) is 4.28. The number of benzene rings is 4. The van der Waals surface area contributed by atoms with Crippen molar-refractivity contribution in [3.8, 4) is 34.1 Å². The van der Waals surface area contributed by atoms with Gasteiger partial charge in [-0.25, -0.2) is 0 Å². The highest BCUT2D eigenvalue weighted by Crippen LogP contribution is 2.40. The summed E-state index contributed by atoms with van der Waals surface area (Å²) in [6.45, 7) is 5.11. The average Bonchev–Trinajstić information content (AvgIpc) is 2.87. The molecule has 4 aromatic carbocycles. The lowest BCUT2D eigenvalue weighted by atomic mass is 9.98. The smallest absolute Gasteiger partial charge is 0.416 e. The number of aliphatic carboxylic acids is 1. The van der Waals surface area contributed by atoms with Crippen LogP contribution in [0.5, 0.6) is 23.0 Å². The molecule has 0 atom stereocenters. The van der Waals surface area contributed by atoms with Crippen LogP contribution < -0.4 is 9.47 Å². The molecule has 0 fully saturated rings. The van der Waals surface area contributed by atoms with Gasteiger partial charge in [0.2, 0.25) is 0 Å². The Morgan fingerprint density at radius 1 is 0.825 bits per heavy atom. The summed E-state index contributed by atoms with van der Waals surface area (Å²) in [5, 5.41) is 8.94. The number of hydrogen-bond acceptors (Lipinski definition) is 4. The Hall–Kier alpha value is -4.59. The Bertz CT molecular complexity index is 1570. The van der Waals surface area contributed by atoms with Gasteiger partial charge in [0.15, 0.2) is 5.78 Å². The van der Waals surface area contributed by atoms with Crippen molar-refractivity contribution >= 4 is 11.8 Å². The number of rotatable bonds is 9. The highest BCUT2D eigenvalue weighted by atomic mass is 19.4. The number of aryl methyl sites for hydroxylation is 3. The zero-order chi connectivity index (χ0) is 29.0. The third-order valence-corrected chi connectivity index (χ3v) is 6.30. The zero-order valence-electron chi connectivity index (χ0n) is 22.1. The fraction of sp³-hybridized carbons (Fsp3) is 0.188. The van der Waals surface area contributed by atoms with Gasteiger partial charge in [-0.1, -0.05) is 24.3 Å². The first-order valence-electron chi connectivity index (χ1n) is 12.5. The molecule has 1 N–H and O–H groups in total. The molecule has 0 saturated heterocycles. The predicted octanol–water partition coefficient (Wildman–Crippen LogP) is 8.79. The van der Waals surface area contributed by atoms with Gasteiger partial charge in [-0.2, -0.15) is 13.2 Å². The molecule has 5 nitrogen and oxygen atoms in total. The van der Waals surface area contributed by atoms with E-state index in [1.165, 1.54) is 19.1 Å². The maximum absolute atomic E-state index is 13.6. The van der Waals surface area contributed by atoms with Crippen molar-refractivity contribution in [1.29, 1.82) is 0 Å². The predicted molar refractivity (Wildman–Crippen MR) is 145 cm³/mol. The first kappa shape index (κ1) is 28.4. The van der Waals surface area contributed by atoms with Crippen molar-refractivity contribution in [3.63, 3.8) is 0 Å². The summed E-state index contributed by atoms with van der Waals surface area (Å²) in [6.07, 6.45) is -4.11. The van der Waals surface area contributed by atoms with E-state index in [2.05, 4.69) is 0 Å². The van der Waals surface area contributed by atoms with Crippen LogP contribution in [0.3, 0.4) is 0 Å². The third kappa shape index (κ3) is 7.08. The molecule has 0 aliphatic rings. The van der Waals surface area contributed by atoms with E-state index < -0.39 is 17.7 Å². The summed E-state index contributed by atoms with van der Waals surface area (Å²) in [5.74, 6) is 0.471. The number of carboxylic acids is 1. The minimum atomic E-state index is -4.56. The van der Waals surface area contributed by atoms with Gasteiger partial charge in [0, 0.05) is 23.6 Å². The summed E-state index contributed by atoms with van der Waals surface area (Å²) in [6, 6.07) is 20.2. The second-order valence-corrected chi connectivity index (χ2v) is 9.51. The Labute approximate surface area is 229 Å². The number of hydrogen-bond donors (Lipinski definition) is 1. The summed E-state index contributed by atoms with van der Waals surface area (Å²) in [4.78, 5) is 22.8. The third-order valence-electron chi connectivity index (χ3n) is 6.30. The Morgan fingerprint density at radius 2 is 1.55 bits per heavy atom. The van der Waals surface area contributed by atoms with E-state index in [0.29, 0.717) is 34.8 Å². The lowest BCUT2D eigenvalue weighted by molar-refractivity contribution is -0.138. The molecular weight excluding hydrogens is 521 g/mol. The SMILES string of the molecule is CC(=O)c1cccc(-c2cc(C(F)(F)F)ccc2Oc2cc(C)cc(Oc3ccc(CCC(=O)O)c(C)c3)c2)c1. The summed E-state index contributed by atoms with van der Waals surface area (Å²) < 4.78 is 52.8. The van der Waals surface area contributed by atoms with Gasteiger partial charge in [-0.05, 0) is 98.0 Å². The van der Waals surface area contributed by atoms with E-state index in [1.54, 1.807) is 42.5 Å². The highest BCUT2D eigenvalue weighted by molar-refractivity contribution is 5.95. The molecule has 4 rings (SSSR count). The first-order chi connectivity index (χ1) is 18.9. The van der Waals surface area contributed by atoms with E-state index in [1.807, 2.05) is 26.0 Å². The van der Waals surface area contributed by atoms with Crippen LogP contribution in [0.1, 0.15) is 46.0 Å². The normalized spacial score (nSPS) is 11.2. The second-order valence-electron chi connectivity index (χ2n) is 9.51. The van der Waals surface area contributed by atoms with Crippen LogP contribution in [0.4, 0.5) is 13.2 Å². The summed E-state index contributed by atoms with van der Waals surface area (Å²) >= 11 is 0. The molecule has 0 heterocycles. The molecule has 0 radical (unpaired) electrons. The molecule has 8 heteroatoms. The van der Waals surface area contributed by atoms with E-state index in [4.69, 9.17) is 14.6 Å². The van der Waals surface area contributed by atoms with Gasteiger partial charge < -0.3 is 14.6 Å². The minimum absolute atomic E-state index is 0.0323. The molecule has 0 aromatic heterocycles. The van der Waals surface area contributed by atoms with E-state index in [0.717, 1.165) is 28.8 Å². The van der Waals surface area contributed by atoms with Gasteiger partial charge in [0.1, 0.15) is 23.0 Å². The molecule has 40 heavy (non-hydrogen) atoms. The number of ketones is 1. The van der Waals surface area contributed by atoms with Gasteiger partial charge >= 0.3 is 12.1 Å². The maximum atomic E-state index is 13.6. The van der Waals surface area contributed by atoms with E-state index >= 15 is 0 Å². The number of carboxylic acid groups (broad SMARTS) is 1. The van der Waals surface area contributed by atoms with Crippen LogP contribution >= 0.6 is 0 Å². The van der Waals surface area contributed by atoms with Crippen molar-refractivity contribution in [3.05, 3.63) is 107 Å². The van der Waals surface area contributed by atoms with Crippen LogP contribution in [0.25, 0.3) is 11.1 Å². The van der Waals surface area contributed by atoms with Crippen molar-refractivity contribution in [1.82, 2.24) is 0 Å². The van der Waals surface area contributed by atoms with Crippen LogP contribution in [0.2, 0.25) is 0 Å². The lowest BCUT2D eigenvalue weighted by Crippen LogP contribution is -2.05. The molecule has 0 spiro atoms. The summed E-state index contributed by atoms with van der Waals surface area (Å²) in [5.41, 5.74) is 2.74. The number of carbonyl (C=O) groups is 2. The highest BCUT2D eigenvalue weighted by Gasteiger charge is 2.31. The number of Topliss-reactive ketones (excluding diaryl/α,β-unsaturated/α-hetero) is 1. The van der Waals surface area contributed by atoms with Gasteiger partial charge in [-0.15, -0.1) is 0 Å². The molecule has 0 amide bonds.